The Kier molecular flexibility index (Phi) is 6.33. The van der Waals surface area contributed by atoms with Crippen LogP contribution in [0.3, 0.4) is 0 Å². The third-order valence-corrected chi connectivity index (χ3v) is 7.69. The number of halogens is 1. The van der Waals surface area contributed by atoms with Gasteiger partial charge in [0, 0.05) is 40.8 Å². The highest BCUT2D eigenvalue weighted by Crippen LogP contribution is 2.37. The lowest BCUT2D eigenvalue weighted by Gasteiger charge is -2.09. The summed E-state index contributed by atoms with van der Waals surface area (Å²) in [6, 6.07) is 8.23. The number of thiophene rings is 1. The number of nitrogens with one attached hydrogen (secondary N) is 1. The summed E-state index contributed by atoms with van der Waals surface area (Å²) in [6.45, 7) is 4.47. The molecule has 166 valence electrons. The summed E-state index contributed by atoms with van der Waals surface area (Å²) in [5.74, 6) is -0.0774. The minimum absolute atomic E-state index is 0.0147. The van der Waals surface area contributed by atoms with Crippen molar-refractivity contribution in [1.82, 2.24) is 19.5 Å². The number of nitrogens with zero attached hydrogens (tertiary/aromatic N) is 4. The van der Waals surface area contributed by atoms with Crippen LogP contribution in [0.1, 0.15) is 24.3 Å². The van der Waals surface area contributed by atoms with Gasteiger partial charge in [-0.2, -0.15) is 0 Å². The predicted molar refractivity (Wildman–Crippen MR) is 122 cm³/mol. The molecule has 0 unspecified atom stereocenters. The van der Waals surface area contributed by atoms with Gasteiger partial charge in [-0.3, -0.25) is 0 Å². The van der Waals surface area contributed by atoms with Crippen LogP contribution in [0.25, 0.3) is 11.1 Å². The van der Waals surface area contributed by atoms with Crippen LogP contribution in [0.2, 0.25) is 0 Å². The zero-order valence-electron chi connectivity index (χ0n) is 17.6. The van der Waals surface area contributed by atoms with E-state index in [9.17, 15) is 12.8 Å². The molecule has 10 heteroatoms. The number of sulfonamides is 1. The summed E-state index contributed by atoms with van der Waals surface area (Å²) < 4.78 is 45.6. The van der Waals surface area contributed by atoms with Gasteiger partial charge in [0.1, 0.15) is 10.0 Å². The number of aromatic nitrogens is 4. The van der Waals surface area contributed by atoms with E-state index in [0.717, 1.165) is 11.3 Å². The molecule has 0 aliphatic carbocycles. The molecule has 1 N–H and O–H groups in total. The van der Waals surface area contributed by atoms with Gasteiger partial charge in [0.25, 0.3) is 10.0 Å². The van der Waals surface area contributed by atoms with Crippen molar-refractivity contribution in [2.75, 3.05) is 4.72 Å². The number of hydrogen-bond donors (Lipinski definition) is 1. The molecule has 0 aliphatic heterocycles. The van der Waals surface area contributed by atoms with Gasteiger partial charge >= 0.3 is 0 Å². The van der Waals surface area contributed by atoms with Crippen molar-refractivity contribution in [2.24, 2.45) is 5.92 Å². The quantitative estimate of drug-likeness (QED) is 0.406. The SMILES string of the molecule is CC(C)Cc1cc(-c2ccc(Cn3ccnc3)c(F)c2)c(S(=O)(=O)Nc2ncccn2)s1. The summed E-state index contributed by atoms with van der Waals surface area (Å²) in [5.41, 5.74) is 1.45. The summed E-state index contributed by atoms with van der Waals surface area (Å²) in [7, 11) is -3.96. The average Bonchev–Trinajstić information content (AvgIpc) is 3.40. The van der Waals surface area contributed by atoms with Crippen LogP contribution in [-0.2, 0) is 23.0 Å². The van der Waals surface area contributed by atoms with Gasteiger partial charge in [0.2, 0.25) is 5.95 Å². The van der Waals surface area contributed by atoms with Gasteiger partial charge < -0.3 is 4.57 Å². The van der Waals surface area contributed by atoms with E-state index in [0.29, 0.717) is 29.2 Å². The predicted octanol–water partition coefficient (Wildman–Crippen LogP) is 4.59. The van der Waals surface area contributed by atoms with Crippen molar-refractivity contribution in [3.05, 3.63) is 77.7 Å². The van der Waals surface area contributed by atoms with E-state index >= 15 is 0 Å². The fraction of sp³-hybridized carbons (Fsp3) is 0.227. The maximum Gasteiger partial charge on any atom is 0.274 e. The average molecular weight is 472 g/mol. The van der Waals surface area contributed by atoms with Crippen LogP contribution in [0, 0.1) is 11.7 Å². The molecular weight excluding hydrogens is 449 g/mol. The second-order valence-electron chi connectivity index (χ2n) is 7.73. The molecule has 0 saturated heterocycles. The molecule has 4 aromatic rings. The molecular formula is C22H22FN5O2S2. The van der Waals surface area contributed by atoms with Crippen molar-refractivity contribution < 1.29 is 12.8 Å². The molecule has 0 atom stereocenters. The van der Waals surface area contributed by atoms with Crippen LogP contribution in [-0.4, -0.2) is 27.9 Å². The topological polar surface area (TPSA) is 89.8 Å². The minimum Gasteiger partial charge on any atom is -0.333 e. The van der Waals surface area contributed by atoms with Crippen molar-refractivity contribution >= 4 is 27.3 Å². The first-order chi connectivity index (χ1) is 15.3. The van der Waals surface area contributed by atoms with Crippen molar-refractivity contribution in [3.8, 4) is 11.1 Å². The standard InChI is InChI=1S/C22H22FN5O2S2/c1-15(2)10-18-12-19(21(31-18)32(29,30)27-22-25-6-3-7-26-22)16-4-5-17(20(23)11-16)13-28-9-8-24-14-28/h3-9,11-12,14-15H,10,13H2,1-2H3,(H,25,26,27). The number of anilines is 1. The fourth-order valence-corrected chi connectivity index (χ4v) is 6.17. The normalized spacial score (nSPS) is 11.8. The largest absolute Gasteiger partial charge is 0.333 e. The second kappa shape index (κ2) is 9.17. The van der Waals surface area contributed by atoms with Crippen molar-refractivity contribution in [1.29, 1.82) is 0 Å². The van der Waals surface area contributed by atoms with Crippen LogP contribution >= 0.6 is 11.3 Å². The maximum atomic E-state index is 14.9. The van der Waals surface area contributed by atoms with Gasteiger partial charge in [-0.15, -0.1) is 11.3 Å². The second-order valence-corrected chi connectivity index (χ2v) is 10.7. The molecule has 0 aliphatic rings. The lowest BCUT2D eigenvalue weighted by Crippen LogP contribution is -2.14. The van der Waals surface area contributed by atoms with Crippen LogP contribution in [0.15, 0.2) is 65.7 Å². The molecule has 3 heterocycles. The Morgan fingerprint density at radius 1 is 1.16 bits per heavy atom. The van der Waals surface area contributed by atoms with E-state index in [1.165, 1.54) is 29.8 Å². The fourth-order valence-electron chi connectivity index (χ4n) is 3.27. The smallest absolute Gasteiger partial charge is 0.274 e. The zero-order valence-corrected chi connectivity index (χ0v) is 19.2. The van der Waals surface area contributed by atoms with Gasteiger partial charge in [0.05, 0.1) is 12.9 Å². The number of benzene rings is 1. The minimum atomic E-state index is -3.96. The third kappa shape index (κ3) is 5.03. The van der Waals surface area contributed by atoms with Crippen LogP contribution in [0.5, 0.6) is 0 Å². The molecule has 1 aromatic carbocycles. The van der Waals surface area contributed by atoms with E-state index in [4.69, 9.17) is 0 Å². The van der Waals surface area contributed by atoms with Crippen LogP contribution in [0.4, 0.5) is 10.3 Å². The Hall–Kier alpha value is -3.11. The highest BCUT2D eigenvalue weighted by atomic mass is 32.2. The van der Waals surface area contributed by atoms with E-state index in [1.807, 2.05) is 6.07 Å². The van der Waals surface area contributed by atoms with Crippen molar-refractivity contribution in [3.63, 3.8) is 0 Å². The van der Waals surface area contributed by atoms with Gasteiger partial charge in [0.15, 0.2) is 0 Å². The first-order valence-corrected chi connectivity index (χ1v) is 12.3. The molecule has 0 amide bonds. The number of hydrogen-bond acceptors (Lipinski definition) is 6. The summed E-state index contributed by atoms with van der Waals surface area (Å²) in [6.07, 6.45) is 8.64. The Balaban J connectivity index is 1.72. The first-order valence-electron chi connectivity index (χ1n) is 9.99. The van der Waals surface area contributed by atoms with E-state index in [1.54, 1.807) is 41.5 Å². The van der Waals surface area contributed by atoms with Crippen molar-refractivity contribution in [2.45, 2.75) is 31.0 Å². The first kappa shape index (κ1) is 22.1. The number of rotatable bonds is 8. The third-order valence-electron chi connectivity index (χ3n) is 4.67. The highest BCUT2D eigenvalue weighted by molar-refractivity contribution is 7.94. The lowest BCUT2D eigenvalue weighted by atomic mass is 10.0. The molecule has 0 spiro atoms. The zero-order chi connectivity index (χ0) is 22.7. The molecule has 0 saturated carbocycles. The monoisotopic (exact) mass is 471 g/mol. The molecule has 32 heavy (non-hydrogen) atoms. The summed E-state index contributed by atoms with van der Waals surface area (Å²) >= 11 is 1.18. The molecule has 4 rings (SSSR count). The van der Waals surface area contributed by atoms with Gasteiger partial charge in [-0.25, -0.2) is 32.5 Å². The Morgan fingerprint density at radius 3 is 2.59 bits per heavy atom. The molecule has 3 aromatic heterocycles. The molecule has 0 bridgehead atoms. The molecule has 0 fully saturated rings. The lowest BCUT2D eigenvalue weighted by molar-refractivity contribution is 0.599. The Labute approximate surface area is 190 Å². The maximum absolute atomic E-state index is 14.9. The van der Waals surface area contributed by atoms with E-state index in [2.05, 4.69) is 33.5 Å². The van der Waals surface area contributed by atoms with Gasteiger partial charge in [-0.05, 0) is 36.1 Å². The highest BCUT2D eigenvalue weighted by Gasteiger charge is 2.25. The number of imidazole rings is 1. The molecule has 0 radical (unpaired) electrons. The summed E-state index contributed by atoms with van der Waals surface area (Å²) in [5, 5.41) is 0. The van der Waals surface area contributed by atoms with Crippen LogP contribution < -0.4 is 4.72 Å². The Bertz CT molecular complexity index is 1300. The van der Waals surface area contributed by atoms with Gasteiger partial charge in [-0.1, -0.05) is 26.0 Å². The van der Waals surface area contributed by atoms with E-state index < -0.39 is 15.8 Å². The van der Waals surface area contributed by atoms with E-state index in [-0.39, 0.29) is 10.2 Å². The molecule has 7 nitrogen and oxygen atoms in total. The summed E-state index contributed by atoms with van der Waals surface area (Å²) in [4.78, 5) is 12.8. The Morgan fingerprint density at radius 2 is 1.94 bits per heavy atom.